The number of nitrogens with one attached hydrogen (secondary N) is 3. The maximum Gasteiger partial charge on any atom is 0.322 e. The van der Waals surface area contributed by atoms with E-state index >= 15 is 0 Å². The number of benzene rings is 1. The normalized spacial score (nSPS) is 18.9. The number of amides is 3. The first-order chi connectivity index (χ1) is 8.91. The highest BCUT2D eigenvalue weighted by molar-refractivity contribution is 7.92. The summed E-state index contributed by atoms with van der Waals surface area (Å²) < 4.78 is 25.1. The van der Waals surface area contributed by atoms with E-state index in [9.17, 15) is 18.0 Å². The highest BCUT2D eigenvalue weighted by Gasteiger charge is 2.30. The predicted octanol–water partition coefficient (Wildman–Crippen LogP) is 0.329. The van der Waals surface area contributed by atoms with Crippen LogP contribution in [0.25, 0.3) is 0 Å². The second kappa shape index (κ2) is 4.88. The lowest BCUT2D eigenvalue weighted by atomic mass is 10.1. The fraction of sp³-hybridized carbons (Fsp3) is 0.273. The van der Waals surface area contributed by atoms with Gasteiger partial charge in [-0.25, -0.2) is 13.2 Å². The van der Waals surface area contributed by atoms with Crippen LogP contribution in [0.3, 0.4) is 0 Å². The van der Waals surface area contributed by atoms with Gasteiger partial charge in [0.15, 0.2) is 0 Å². The molecule has 1 aromatic carbocycles. The van der Waals surface area contributed by atoms with Gasteiger partial charge in [-0.3, -0.25) is 14.8 Å². The average molecular weight is 283 g/mol. The van der Waals surface area contributed by atoms with Gasteiger partial charge in [-0.1, -0.05) is 12.1 Å². The van der Waals surface area contributed by atoms with Gasteiger partial charge in [-0.05, 0) is 24.6 Å². The first-order valence-electron chi connectivity index (χ1n) is 5.63. The van der Waals surface area contributed by atoms with Gasteiger partial charge >= 0.3 is 6.03 Å². The highest BCUT2D eigenvalue weighted by Crippen LogP contribution is 2.19. The Balaban J connectivity index is 2.15. The lowest BCUT2D eigenvalue weighted by molar-refractivity contribution is -0.120. The summed E-state index contributed by atoms with van der Waals surface area (Å²) in [6, 6.07) is 4.99. The number of rotatable bonds is 4. The van der Waals surface area contributed by atoms with E-state index < -0.39 is 28.0 Å². The van der Waals surface area contributed by atoms with Crippen molar-refractivity contribution in [1.29, 1.82) is 0 Å². The molecule has 0 aromatic heterocycles. The van der Waals surface area contributed by atoms with E-state index in [1.165, 1.54) is 6.92 Å². The minimum Gasteiger partial charge on any atom is -0.322 e. The molecule has 8 heteroatoms. The van der Waals surface area contributed by atoms with E-state index in [2.05, 4.69) is 15.4 Å². The molecule has 0 radical (unpaired) electrons. The van der Waals surface area contributed by atoms with Crippen molar-refractivity contribution in [2.45, 2.75) is 13.0 Å². The number of hydrogen-bond donors (Lipinski definition) is 3. The smallest absolute Gasteiger partial charge is 0.322 e. The molecule has 0 saturated carbocycles. The van der Waals surface area contributed by atoms with Crippen molar-refractivity contribution in [3.63, 3.8) is 0 Å². The summed E-state index contributed by atoms with van der Waals surface area (Å²) in [7, 11) is -3.32. The van der Waals surface area contributed by atoms with Crippen molar-refractivity contribution >= 4 is 27.6 Å². The van der Waals surface area contributed by atoms with Crippen molar-refractivity contribution in [2.24, 2.45) is 0 Å². The van der Waals surface area contributed by atoms with Crippen molar-refractivity contribution < 1.29 is 18.0 Å². The minimum absolute atomic E-state index is 0.0180. The molecule has 3 N–H and O–H groups in total. The molecule has 1 fully saturated rings. The van der Waals surface area contributed by atoms with E-state index in [0.717, 1.165) is 0 Å². The molecule has 0 aliphatic carbocycles. The van der Waals surface area contributed by atoms with Crippen LogP contribution in [0.1, 0.15) is 18.5 Å². The fourth-order valence-corrected chi connectivity index (χ4v) is 2.29. The van der Waals surface area contributed by atoms with E-state index in [0.29, 0.717) is 11.3 Å². The minimum atomic E-state index is -3.32. The second-order valence-electron chi connectivity index (χ2n) is 4.02. The number of sulfonamides is 1. The maximum atomic E-state index is 11.4. The monoisotopic (exact) mass is 283 g/mol. The third kappa shape index (κ3) is 3.02. The van der Waals surface area contributed by atoms with Gasteiger partial charge in [0.1, 0.15) is 6.04 Å². The van der Waals surface area contributed by atoms with Crippen LogP contribution < -0.4 is 15.4 Å². The lowest BCUT2D eigenvalue weighted by Gasteiger charge is -2.09. The second-order valence-corrected chi connectivity index (χ2v) is 6.03. The number of carbonyl (C=O) groups excluding carboxylic acids is 2. The van der Waals surface area contributed by atoms with Crippen LogP contribution in [0.15, 0.2) is 24.3 Å². The zero-order valence-corrected chi connectivity index (χ0v) is 11.0. The van der Waals surface area contributed by atoms with Crippen LogP contribution in [-0.4, -0.2) is 26.1 Å². The van der Waals surface area contributed by atoms with Crippen LogP contribution in [0.5, 0.6) is 0 Å². The third-order valence-electron chi connectivity index (χ3n) is 2.67. The zero-order chi connectivity index (χ0) is 14.0. The lowest BCUT2D eigenvalue weighted by Crippen LogP contribution is -2.22. The largest absolute Gasteiger partial charge is 0.322 e. The molecule has 19 heavy (non-hydrogen) atoms. The van der Waals surface area contributed by atoms with Crippen LogP contribution >= 0.6 is 0 Å². The molecular weight excluding hydrogens is 270 g/mol. The van der Waals surface area contributed by atoms with Crippen LogP contribution in [0.2, 0.25) is 0 Å². The fourth-order valence-electron chi connectivity index (χ4n) is 1.65. The Labute approximate surface area is 110 Å². The van der Waals surface area contributed by atoms with Gasteiger partial charge in [0.2, 0.25) is 10.0 Å². The molecular formula is C11H13N3O4S. The molecule has 1 aliphatic heterocycles. The van der Waals surface area contributed by atoms with E-state index in [-0.39, 0.29) is 5.75 Å². The molecule has 1 saturated heterocycles. The van der Waals surface area contributed by atoms with Crippen LogP contribution in [0, 0.1) is 0 Å². The number of hydrogen-bond acceptors (Lipinski definition) is 4. The number of anilines is 1. The quantitative estimate of drug-likeness (QED) is 0.692. The molecule has 1 unspecified atom stereocenters. The van der Waals surface area contributed by atoms with Gasteiger partial charge in [-0.2, -0.15) is 0 Å². The Bertz CT molecular complexity index is 609. The Hall–Kier alpha value is -2.09. The Morgan fingerprint density at radius 1 is 1.21 bits per heavy atom. The predicted molar refractivity (Wildman–Crippen MR) is 68.9 cm³/mol. The van der Waals surface area contributed by atoms with Crippen molar-refractivity contribution in [3.05, 3.63) is 29.8 Å². The standard InChI is InChI=1S/C11H13N3O4S/c1-2-19(17,18)14-8-5-3-7(4-6-8)9-10(15)13-11(16)12-9/h3-6,9,14H,2H2,1H3,(H2,12,13,15,16). The van der Waals surface area contributed by atoms with Crippen molar-refractivity contribution in [3.8, 4) is 0 Å². The number of urea groups is 1. The molecule has 1 aliphatic rings. The van der Waals surface area contributed by atoms with E-state index in [4.69, 9.17) is 0 Å². The van der Waals surface area contributed by atoms with Crippen molar-refractivity contribution in [2.75, 3.05) is 10.5 Å². The molecule has 3 amide bonds. The summed E-state index contributed by atoms with van der Waals surface area (Å²) in [5.74, 6) is -0.442. The molecule has 1 heterocycles. The number of imide groups is 1. The SMILES string of the molecule is CCS(=O)(=O)Nc1ccc(C2NC(=O)NC2=O)cc1. The maximum absolute atomic E-state index is 11.4. The molecule has 1 aromatic rings. The average Bonchev–Trinajstić information content (AvgIpc) is 2.69. The van der Waals surface area contributed by atoms with E-state index in [1.54, 1.807) is 24.3 Å². The summed E-state index contributed by atoms with van der Waals surface area (Å²) in [4.78, 5) is 22.4. The Morgan fingerprint density at radius 2 is 1.84 bits per heavy atom. The molecule has 1 atom stereocenters. The van der Waals surface area contributed by atoms with Gasteiger partial charge < -0.3 is 5.32 Å². The van der Waals surface area contributed by atoms with Gasteiger partial charge in [0.05, 0.1) is 5.75 Å². The Kier molecular flexibility index (Phi) is 3.43. The summed E-state index contributed by atoms with van der Waals surface area (Å²) in [5, 5.41) is 4.59. The van der Waals surface area contributed by atoms with E-state index in [1.807, 2.05) is 0 Å². The summed E-state index contributed by atoms with van der Waals surface area (Å²) in [6.45, 7) is 1.54. The third-order valence-corrected chi connectivity index (χ3v) is 3.98. The summed E-state index contributed by atoms with van der Waals surface area (Å²) in [6.07, 6.45) is 0. The zero-order valence-electron chi connectivity index (χ0n) is 10.1. The van der Waals surface area contributed by atoms with Gasteiger partial charge in [0.25, 0.3) is 5.91 Å². The first-order valence-corrected chi connectivity index (χ1v) is 7.28. The molecule has 2 rings (SSSR count). The van der Waals surface area contributed by atoms with Gasteiger partial charge in [-0.15, -0.1) is 0 Å². The summed E-state index contributed by atoms with van der Waals surface area (Å²) >= 11 is 0. The topological polar surface area (TPSA) is 104 Å². The van der Waals surface area contributed by atoms with Crippen LogP contribution in [-0.2, 0) is 14.8 Å². The molecule has 0 spiro atoms. The molecule has 0 bridgehead atoms. The summed E-state index contributed by atoms with van der Waals surface area (Å²) in [5.41, 5.74) is 0.998. The van der Waals surface area contributed by atoms with Crippen molar-refractivity contribution in [1.82, 2.24) is 10.6 Å². The number of carbonyl (C=O) groups is 2. The van der Waals surface area contributed by atoms with Gasteiger partial charge in [0, 0.05) is 5.69 Å². The molecule has 7 nitrogen and oxygen atoms in total. The first kappa shape index (κ1) is 13.3. The highest BCUT2D eigenvalue weighted by atomic mass is 32.2. The Morgan fingerprint density at radius 3 is 2.32 bits per heavy atom. The molecule has 102 valence electrons. The van der Waals surface area contributed by atoms with Crippen LogP contribution in [0.4, 0.5) is 10.5 Å².